The number of Topliss-reactive ketones (excluding diaryl/α,β-unsaturated/α-hetero) is 1. The molecule has 3 fully saturated rings. The summed E-state index contributed by atoms with van der Waals surface area (Å²) in [7, 11) is 5.19. The van der Waals surface area contributed by atoms with Gasteiger partial charge in [-0.15, -0.1) is 0 Å². The molecule has 1 N–H and O–H groups in total. The van der Waals surface area contributed by atoms with Crippen LogP contribution in [-0.4, -0.2) is 68.7 Å². The maximum Gasteiger partial charge on any atom is 0.224 e. The van der Waals surface area contributed by atoms with E-state index in [1.54, 1.807) is 25.2 Å². The molecule has 31 heavy (non-hydrogen) atoms. The first-order valence-corrected chi connectivity index (χ1v) is 10.9. The van der Waals surface area contributed by atoms with Gasteiger partial charge in [0, 0.05) is 38.5 Å². The Labute approximate surface area is 183 Å². The fourth-order valence-corrected chi connectivity index (χ4v) is 6.18. The number of hydrogen-bond donors (Lipinski definition) is 1. The summed E-state index contributed by atoms with van der Waals surface area (Å²) in [6.45, 7) is 4.90. The summed E-state index contributed by atoms with van der Waals surface area (Å²) in [5.41, 5.74) is 1.78. The number of rotatable bonds is 3. The third-order valence-corrected chi connectivity index (χ3v) is 7.59. The second-order valence-electron chi connectivity index (χ2n) is 8.96. The number of methoxy groups -OCH3 is 2. The third kappa shape index (κ3) is 3.01. The van der Waals surface area contributed by atoms with Crippen LogP contribution < -0.4 is 14.4 Å². The molecule has 1 saturated carbocycles. The van der Waals surface area contributed by atoms with Gasteiger partial charge in [0.25, 0.3) is 0 Å². The van der Waals surface area contributed by atoms with Crippen molar-refractivity contribution in [1.82, 2.24) is 4.90 Å². The van der Waals surface area contributed by atoms with Crippen LogP contribution in [0.3, 0.4) is 0 Å². The predicted molar refractivity (Wildman–Crippen MR) is 118 cm³/mol. The number of benzene rings is 1. The number of hydrogen-bond acceptors (Lipinski definition) is 6. The quantitative estimate of drug-likeness (QED) is 0.744. The fourth-order valence-electron chi connectivity index (χ4n) is 6.18. The van der Waals surface area contributed by atoms with E-state index in [9.17, 15) is 14.7 Å². The number of likely N-dealkylation sites (N-methyl/N-ethyl adjacent to an activating group) is 1. The minimum atomic E-state index is -0.873. The normalized spacial score (nSPS) is 31.7. The summed E-state index contributed by atoms with van der Waals surface area (Å²) in [6, 6.07) is 3.23. The maximum atomic E-state index is 14.0. The van der Waals surface area contributed by atoms with E-state index in [4.69, 9.17) is 9.47 Å². The smallest absolute Gasteiger partial charge is 0.224 e. The van der Waals surface area contributed by atoms with Crippen molar-refractivity contribution in [2.24, 2.45) is 11.8 Å². The van der Waals surface area contributed by atoms with Crippen LogP contribution in [0.2, 0.25) is 0 Å². The number of allylic oxidation sites excluding steroid dienone is 1. The molecule has 5 rings (SSSR count). The Morgan fingerprint density at radius 3 is 2.55 bits per heavy atom. The van der Waals surface area contributed by atoms with Gasteiger partial charge in [0.1, 0.15) is 5.78 Å². The van der Waals surface area contributed by atoms with Gasteiger partial charge in [0.05, 0.1) is 31.4 Å². The first kappa shape index (κ1) is 21.8. The van der Waals surface area contributed by atoms with Crippen LogP contribution in [0.15, 0.2) is 23.8 Å². The lowest BCUT2D eigenvalue weighted by Gasteiger charge is -2.48. The molecular weight excluding hydrogens is 396 g/mol. The average Bonchev–Trinajstić information content (AvgIpc) is 3.08. The first-order valence-electron chi connectivity index (χ1n) is 10.9. The van der Waals surface area contributed by atoms with Gasteiger partial charge in [0.15, 0.2) is 11.5 Å². The van der Waals surface area contributed by atoms with Crippen molar-refractivity contribution in [1.29, 1.82) is 0 Å². The largest absolute Gasteiger partial charge is 0.493 e. The summed E-state index contributed by atoms with van der Waals surface area (Å²) in [5, 5.41) is 10.6. The number of carbonyl (C=O) groups excluding carboxylic acids is 2. The van der Waals surface area contributed by atoms with Gasteiger partial charge in [-0.25, -0.2) is 0 Å². The minimum absolute atomic E-state index is 0.0859. The zero-order chi connectivity index (χ0) is 22.5. The van der Waals surface area contributed by atoms with Crippen molar-refractivity contribution in [3.05, 3.63) is 29.3 Å². The molecule has 4 aliphatic rings. The Bertz CT molecular complexity index is 942. The zero-order valence-electron chi connectivity index (χ0n) is 19.0. The standard InChI is InChI=1S/C24H32N2O5/c1-6-15-12-25(3)8-7-24-18-10-20(30-4)21(31-5)11-19(18)26(14(2)28)23(24)17(13-27)16(15)9-22(24)29/h6,10-11,16-17,23,27H,7-9,12-13H2,1-5H3/t16-,17-,23+,24-/m1/s1. The number of carbonyl (C=O) groups is 2. The molecule has 1 aromatic rings. The summed E-state index contributed by atoms with van der Waals surface area (Å²) in [5.74, 6) is 0.729. The molecule has 1 spiro atoms. The number of ketones is 1. The van der Waals surface area contributed by atoms with Crippen molar-refractivity contribution in [3.8, 4) is 11.5 Å². The molecule has 0 radical (unpaired) electrons. The van der Waals surface area contributed by atoms with E-state index in [1.807, 2.05) is 13.0 Å². The molecule has 2 saturated heterocycles. The highest BCUT2D eigenvalue weighted by molar-refractivity contribution is 6.05. The second-order valence-corrected chi connectivity index (χ2v) is 8.96. The van der Waals surface area contributed by atoms with Crippen molar-refractivity contribution in [2.45, 2.75) is 38.1 Å². The van der Waals surface area contributed by atoms with Crippen LogP contribution in [-0.2, 0) is 15.0 Å². The van der Waals surface area contributed by atoms with Gasteiger partial charge >= 0.3 is 0 Å². The molecular formula is C24H32N2O5. The molecule has 7 nitrogen and oxygen atoms in total. The summed E-state index contributed by atoms with van der Waals surface area (Å²) in [6.07, 6.45) is 3.02. The maximum absolute atomic E-state index is 14.0. The van der Waals surface area contributed by atoms with Crippen LogP contribution in [0.4, 0.5) is 5.69 Å². The Kier molecular flexibility index (Phi) is 5.60. The second kappa shape index (κ2) is 7.95. The first-order chi connectivity index (χ1) is 14.8. The van der Waals surface area contributed by atoms with Crippen LogP contribution >= 0.6 is 0 Å². The van der Waals surface area contributed by atoms with Crippen molar-refractivity contribution >= 4 is 17.4 Å². The Morgan fingerprint density at radius 1 is 1.29 bits per heavy atom. The third-order valence-electron chi connectivity index (χ3n) is 7.59. The van der Waals surface area contributed by atoms with E-state index in [0.29, 0.717) is 36.6 Å². The highest BCUT2D eigenvalue weighted by Crippen LogP contribution is 2.58. The average molecular weight is 429 g/mol. The molecule has 168 valence electrons. The molecule has 1 aromatic carbocycles. The molecule has 0 aromatic heterocycles. The van der Waals surface area contributed by atoms with Crippen molar-refractivity contribution in [2.75, 3.05) is 45.9 Å². The predicted octanol–water partition coefficient (Wildman–Crippen LogP) is 2.16. The number of nitrogens with zero attached hydrogens (tertiary/aromatic N) is 2. The molecule has 3 heterocycles. The number of anilines is 1. The van der Waals surface area contributed by atoms with Gasteiger partial charge in [-0.2, -0.15) is 0 Å². The van der Waals surface area contributed by atoms with E-state index in [2.05, 4.69) is 18.0 Å². The Hall–Kier alpha value is -2.38. The Morgan fingerprint density at radius 2 is 1.97 bits per heavy atom. The van der Waals surface area contributed by atoms with Crippen LogP contribution in [0.25, 0.3) is 0 Å². The molecule has 4 atom stereocenters. The number of amides is 1. The number of fused-ring (bicyclic) bond motifs is 6. The fraction of sp³-hybridized carbons (Fsp3) is 0.583. The molecule has 1 amide bonds. The Balaban J connectivity index is 2.03. The van der Waals surface area contributed by atoms with Gasteiger partial charge < -0.3 is 24.4 Å². The summed E-state index contributed by atoms with van der Waals surface area (Å²) >= 11 is 0. The van der Waals surface area contributed by atoms with E-state index in [1.165, 1.54) is 6.92 Å². The van der Waals surface area contributed by atoms with Crippen molar-refractivity contribution in [3.63, 3.8) is 0 Å². The number of aliphatic hydroxyl groups is 1. The number of aliphatic hydroxyl groups excluding tert-OH is 1. The lowest BCUT2D eigenvalue weighted by atomic mass is 9.57. The van der Waals surface area contributed by atoms with E-state index in [0.717, 1.165) is 17.7 Å². The van der Waals surface area contributed by atoms with E-state index >= 15 is 0 Å². The topological polar surface area (TPSA) is 79.3 Å². The summed E-state index contributed by atoms with van der Waals surface area (Å²) < 4.78 is 11.1. The van der Waals surface area contributed by atoms with Crippen molar-refractivity contribution < 1.29 is 24.2 Å². The van der Waals surface area contributed by atoms with Gasteiger partial charge in [0.2, 0.25) is 5.91 Å². The van der Waals surface area contributed by atoms with Gasteiger partial charge in [-0.1, -0.05) is 11.6 Å². The SMILES string of the molecule is CC=C1CN(C)CC[C@@]23C(=O)C[C@H]1[C@@H](CO)[C@@H]2N(C(C)=O)c1cc(OC)c(OC)cc13. The van der Waals surface area contributed by atoms with E-state index < -0.39 is 11.5 Å². The lowest BCUT2D eigenvalue weighted by molar-refractivity contribution is -0.131. The van der Waals surface area contributed by atoms with Crippen LogP contribution in [0.5, 0.6) is 11.5 Å². The lowest BCUT2D eigenvalue weighted by Crippen LogP contribution is -2.61. The van der Waals surface area contributed by atoms with Gasteiger partial charge in [-0.3, -0.25) is 9.59 Å². The number of ether oxygens (including phenoxy) is 2. The minimum Gasteiger partial charge on any atom is -0.493 e. The van der Waals surface area contributed by atoms with Crippen LogP contribution in [0, 0.1) is 11.8 Å². The molecule has 1 aliphatic carbocycles. The van der Waals surface area contributed by atoms with Crippen LogP contribution in [0.1, 0.15) is 32.3 Å². The molecule has 2 bridgehead atoms. The zero-order valence-corrected chi connectivity index (χ0v) is 19.0. The highest BCUT2D eigenvalue weighted by Gasteiger charge is 2.63. The highest BCUT2D eigenvalue weighted by atomic mass is 16.5. The molecule has 7 heteroatoms. The van der Waals surface area contributed by atoms with Gasteiger partial charge in [-0.05, 0) is 44.5 Å². The van der Waals surface area contributed by atoms with E-state index in [-0.39, 0.29) is 30.1 Å². The monoisotopic (exact) mass is 428 g/mol. The molecule has 3 aliphatic heterocycles. The summed E-state index contributed by atoms with van der Waals surface area (Å²) in [4.78, 5) is 30.9. The molecule has 0 unspecified atom stereocenters.